The fourth-order valence-corrected chi connectivity index (χ4v) is 3.61. The zero-order valence-corrected chi connectivity index (χ0v) is 18.6. The molecule has 1 aromatic heterocycles. The van der Waals surface area contributed by atoms with Gasteiger partial charge in [-0.15, -0.1) is 0 Å². The van der Waals surface area contributed by atoms with Crippen molar-refractivity contribution in [2.24, 2.45) is 10.4 Å². The fourth-order valence-electron chi connectivity index (χ4n) is 3.61. The lowest BCUT2D eigenvalue weighted by Crippen LogP contribution is -2.46. The molecule has 0 saturated heterocycles. The lowest BCUT2D eigenvalue weighted by molar-refractivity contribution is 0.0732. The van der Waals surface area contributed by atoms with Crippen molar-refractivity contribution in [3.05, 3.63) is 54.2 Å². The van der Waals surface area contributed by atoms with E-state index in [9.17, 15) is 0 Å². The fraction of sp³-hybridized carbons (Fsp3) is 0.500. The number of benzene rings is 1. The smallest absolute Gasteiger partial charge is 0.213 e. The molecule has 0 radical (unpaired) electrons. The Hall–Kier alpha value is -2.80. The topological polar surface area (TPSA) is 77.0 Å². The van der Waals surface area contributed by atoms with Crippen LogP contribution in [0.4, 0.5) is 0 Å². The molecule has 0 bridgehead atoms. The van der Waals surface area contributed by atoms with E-state index in [-0.39, 0.29) is 0 Å². The van der Waals surface area contributed by atoms with Gasteiger partial charge in [0.2, 0.25) is 5.88 Å². The summed E-state index contributed by atoms with van der Waals surface area (Å²) < 4.78 is 16.5. The minimum absolute atomic E-state index is 0.346. The predicted octanol–water partition coefficient (Wildman–Crippen LogP) is 3.41. The van der Waals surface area contributed by atoms with Crippen LogP contribution in [0, 0.1) is 5.41 Å². The molecule has 2 aromatic rings. The summed E-state index contributed by atoms with van der Waals surface area (Å²) in [6.45, 7) is 3.30. The van der Waals surface area contributed by atoms with E-state index >= 15 is 0 Å². The summed E-state index contributed by atoms with van der Waals surface area (Å²) in [7, 11) is 3.56. The minimum atomic E-state index is 0.346. The lowest BCUT2D eigenvalue weighted by Gasteiger charge is -2.42. The Bertz CT molecular complexity index is 792. The van der Waals surface area contributed by atoms with Crippen molar-refractivity contribution in [1.82, 2.24) is 15.6 Å². The highest BCUT2D eigenvalue weighted by molar-refractivity contribution is 5.79. The number of guanidine groups is 1. The van der Waals surface area contributed by atoms with Crippen molar-refractivity contribution < 1.29 is 14.2 Å². The Labute approximate surface area is 185 Å². The standard InChI is InChI=1S/C24H34N4O3/c1-25-23(28-19-24(11-6-12-24)13-14-29-2)27-18-20-9-10-22(26-17-20)31-16-15-30-21-7-4-3-5-8-21/h3-5,7-10,17H,6,11-16,18-19H2,1-2H3,(H2,25,27,28). The van der Waals surface area contributed by atoms with Crippen LogP contribution in [0.1, 0.15) is 31.2 Å². The van der Waals surface area contributed by atoms with Crippen molar-refractivity contribution in [2.45, 2.75) is 32.2 Å². The number of methoxy groups -OCH3 is 1. The van der Waals surface area contributed by atoms with E-state index in [2.05, 4.69) is 20.6 Å². The molecule has 3 rings (SSSR count). The molecule has 1 aliphatic rings. The highest BCUT2D eigenvalue weighted by Gasteiger charge is 2.36. The van der Waals surface area contributed by atoms with Crippen LogP contribution in [0.15, 0.2) is 53.7 Å². The molecule has 7 heteroatoms. The number of nitrogens with zero attached hydrogens (tertiary/aromatic N) is 2. The number of ether oxygens (including phenoxy) is 3. The maximum absolute atomic E-state index is 5.65. The van der Waals surface area contributed by atoms with Crippen molar-refractivity contribution in [3.8, 4) is 11.6 Å². The van der Waals surface area contributed by atoms with E-state index in [0.29, 0.717) is 31.1 Å². The van der Waals surface area contributed by atoms with Crippen molar-refractivity contribution in [3.63, 3.8) is 0 Å². The average Bonchev–Trinajstić information content (AvgIpc) is 2.79. The van der Waals surface area contributed by atoms with Gasteiger partial charge in [-0.1, -0.05) is 30.7 Å². The second-order valence-electron chi connectivity index (χ2n) is 7.89. The Morgan fingerprint density at radius 1 is 1.03 bits per heavy atom. The Morgan fingerprint density at radius 2 is 1.84 bits per heavy atom. The van der Waals surface area contributed by atoms with Crippen LogP contribution in [0.25, 0.3) is 0 Å². The Morgan fingerprint density at radius 3 is 2.48 bits per heavy atom. The minimum Gasteiger partial charge on any atom is -0.490 e. The average molecular weight is 427 g/mol. The highest BCUT2D eigenvalue weighted by Crippen LogP contribution is 2.43. The van der Waals surface area contributed by atoms with Gasteiger partial charge in [0, 0.05) is 46.1 Å². The van der Waals surface area contributed by atoms with E-state index in [1.165, 1.54) is 19.3 Å². The number of aromatic nitrogens is 1. The third-order valence-electron chi connectivity index (χ3n) is 5.71. The maximum atomic E-state index is 5.65. The van der Waals surface area contributed by atoms with Crippen LogP contribution < -0.4 is 20.1 Å². The quantitative estimate of drug-likeness (QED) is 0.308. The van der Waals surface area contributed by atoms with Crippen molar-refractivity contribution in [1.29, 1.82) is 0 Å². The van der Waals surface area contributed by atoms with E-state index in [1.807, 2.05) is 48.7 Å². The number of hydrogen-bond donors (Lipinski definition) is 2. The van der Waals surface area contributed by atoms with Gasteiger partial charge >= 0.3 is 0 Å². The number of hydrogen-bond acceptors (Lipinski definition) is 5. The summed E-state index contributed by atoms with van der Waals surface area (Å²) in [5.74, 6) is 2.24. The van der Waals surface area contributed by atoms with Crippen LogP contribution in [0.3, 0.4) is 0 Å². The second kappa shape index (κ2) is 12.2. The van der Waals surface area contributed by atoms with Crippen LogP contribution in [-0.2, 0) is 11.3 Å². The van der Waals surface area contributed by atoms with Crippen LogP contribution in [-0.4, -0.2) is 51.5 Å². The third kappa shape index (κ3) is 7.43. The Kier molecular flexibility index (Phi) is 8.97. The monoisotopic (exact) mass is 426 g/mol. The van der Waals surface area contributed by atoms with Gasteiger partial charge in [-0.3, -0.25) is 4.99 Å². The van der Waals surface area contributed by atoms with Crippen LogP contribution in [0.5, 0.6) is 11.6 Å². The molecule has 1 aromatic carbocycles. The van der Waals surface area contributed by atoms with Crippen molar-refractivity contribution >= 4 is 5.96 Å². The summed E-state index contributed by atoms with van der Waals surface area (Å²) in [6, 6.07) is 13.6. The zero-order valence-electron chi connectivity index (χ0n) is 18.6. The molecule has 0 unspecified atom stereocenters. The third-order valence-corrected chi connectivity index (χ3v) is 5.71. The molecule has 0 atom stereocenters. The first-order chi connectivity index (χ1) is 15.2. The van der Waals surface area contributed by atoms with Gasteiger partial charge in [0.15, 0.2) is 5.96 Å². The van der Waals surface area contributed by atoms with Gasteiger partial charge in [0.1, 0.15) is 19.0 Å². The molecule has 1 fully saturated rings. The first-order valence-electron chi connectivity index (χ1n) is 10.9. The lowest BCUT2D eigenvalue weighted by atomic mass is 9.67. The number of para-hydroxylation sites is 1. The number of aliphatic imine (C=N–C) groups is 1. The van der Waals surface area contributed by atoms with Gasteiger partial charge in [-0.25, -0.2) is 4.98 Å². The molecule has 168 valence electrons. The largest absolute Gasteiger partial charge is 0.490 e. The number of pyridine rings is 1. The molecule has 0 spiro atoms. The van der Waals surface area contributed by atoms with Gasteiger partial charge in [-0.2, -0.15) is 0 Å². The molecular formula is C24H34N4O3. The summed E-state index contributed by atoms with van der Waals surface area (Å²) in [5, 5.41) is 6.83. The van der Waals surface area contributed by atoms with E-state index in [4.69, 9.17) is 14.2 Å². The summed E-state index contributed by atoms with van der Waals surface area (Å²) in [5.41, 5.74) is 1.41. The molecular weight excluding hydrogens is 392 g/mol. The van der Waals surface area contributed by atoms with E-state index in [0.717, 1.165) is 36.8 Å². The number of nitrogens with one attached hydrogen (secondary N) is 2. The van der Waals surface area contributed by atoms with E-state index < -0.39 is 0 Å². The van der Waals surface area contributed by atoms with E-state index in [1.54, 1.807) is 14.2 Å². The number of rotatable bonds is 12. The first kappa shape index (κ1) is 22.9. The molecule has 7 nitrogen and oxygen atoms in total. The van der Waals surface area contributed by atoms with Gasteiger partial charge in [0.25, 0.3) is 0 Å². The Balaban J connectivity index is 1.35. The zero-order chi connectivity index (χ0) is 21.8. The second-order valence-corrected chi connectivity index (χ2v) is 7.89. The molecule has 2 N–H and O–H groups in total. The molecule has 31 heavy (non-hydrogen) atoms. The van der Waals surface area contributed by atoms with Crippen molar-refractivity contribution in [2.75, 3.05) is 40.5 Å². The molecule has 0 amide bonds. The normalized spacial score (nSPS) is 15.1. The van der Waals surface area contributed by atoms with Gasteiger partial charge < -0.3 is 24.8 Å². The predicted molar refractivity (Wildman–Crippen MR) is 123 cm³/mol. The maximum Gasteiger partial charge on any atom is 0.213 e. The molecule has 1 heterocycles. The summed E-state index contributed by atoms with van der Waals surface area (Å²) in [6.07, 6.45) is 6.72. The van der Waals surface area contributed by atoms with Crippen LogP contribution in [0.2, 0.25) is 0 Å². The van der Waals surface area contributed by atoms with Gasteiger partial charge in [0.05, 0.1) is 0 Å². The SMILES string of the molecule is CN=C(NCc1ccc(OCCOc2ccccc2)nc1)NCC1(CCOC)CCC1. The van der Waals surface area contributed by atoms with Crippen LogP contribution >= 0.6 is 0 Å². The molecule has 1 saturated carbocycles. The first-order valence-corrected chi connectivity index (χ1v) is 10.9. The molecule has 0 aliphatic heterocycles. The summed E-state index contributed by atoms with van der Waals surface area (Å²) >= 11 is 0. The highest BCUT2D eigenvalue weighted by atomic mass is 16.5. The van der Waals surface area contributed by atoms with Gasteiger partial charge in [-0.05, 0) is 42.4 Å². The molecule has 1 aliphatic carbocycles. The summed E-state index contributed by atoms with van der Waals surface area (Å²) in [4.78, 5) is 8.72.